The Bertz CT molecular complexity index is 1050. The lowest BCUT2D eigenvalue weighted by Gasteiger charge is -2.16. The lowest BCUT2D eigenvalue weighted by Crippen LogP contribution is -2.38. The fraction of sp³-hybridized carbons (Fsp3) is 0.318. The van der Waals surface area contributed by atoms with E-state index in [1.165, 1.54) is 22.2 Å². The fourth-order valence-electron chi connectivity index (χ4n) is 4.00. The molecule has 29 heavy (non-hydrogen) atoms. The van der Waals surface area contributed by atoms with Gasteiger partial charge in [0, 0.05) is 41.2 Å². The molecule has 1 aliphatic carbocycles. The summed E-state index contributed by atoms with van der Waals surface area (Å²) in [7, 11) is 4.62. The van der Waals surface area contributed by atoms with E-state index in [9.17, 15) is 4.79 Å². The summed E-state index contributed by atoms with van der Waals surface area (Å²) in [6.45, 7) is 2.09. The molecule has 0 fully saturated rings. The monoisotopic (exact) mass is 395 g/mol. The second-order valence-electron chi connectivity index (χ2n) is 7.25. The van der Waals surface area contributed by atoms with Crippen molar-refractivity contribution in [1.82, 2.24) is 10.3 Å². The van der Waals surface area contributed by atoms with Crippen LogP contribution in [0.5, 0.6) is 17.2 Å². The second-order valence-corrected chi connectivity index (χ2v) is 7.25. The zero-order chi connectivity index (χ0) is 20.5. The summed E-state index contributed by atoms with van der Waals surface area (Å²) in [4.78, 5) is 16.0. The quantitative estimate of drug-likeness (QED) is 0.614. The van der Waals surface area contributed by atoms with Crippen LogP contribution in [0.25, 0.3) is 10.9 Å². The van der Waals surface area contributed by atoms with Crippen molar-refractivity contribution in [3.8, 4) is 17.2 Å². The SMILES string of the molecule is COc1cc(NC(=O)NC2Cc3[nH]c4ccc(C)cc4c3C2)cc(OC)c1OC. The molecule has 1 aliphatic rings. The van der Waals surface area contributed by atoms with Crippen molar-refractivity contribution < 1.29 is 19.0 Å². The van der Waals surface area contributed by atoms with Crippen LogP contribution >= 0.6 is 0 Å². The van der Waals surface area contributed by atoms with E-state index in [1.807, 2.05) is 0 Å². The second kappa shape index (κ2) is 7.58. The molecule has 0 radical (unpaired) electrons. The number of carbonyl (C=O) groups is 1. The van der Waals surface area contributed by atoms with Gasteiger partial charge in [-0.1, -0.05) is 11.6 Å². The van der Waals surface area contributed by atoms with Crippen molar-refractivity contribution in [3.05, 3.63) is 47.2 Å². The predicted molar refractivity (Wildman–Crippen MR) is 112 cm³/mol. The van der Waals surface area contributed by atoms with Gasteiger partial charge in [0.15, 0.2) is 11.5 Å². The number of fused-ring (bicyclic) bond motifs is 3. The van der Waals surface area contributed by atoms with Gasteiger partial charge in [0.2, 0.25) is 5.75 Å². The number of methoxy groups -OCH3 is 3. The van der Waals surface area contributed by atoms with Gasteiger partial charge in [-0.25, -0.2) is 4.79 Å². The number of benzene rings is 2. The molecule has 1 atom stereocenters. The number of amides is 2. The number of H-pyrrole nitrogens is 1. The van der Waals surface area contributed by atoms with Crippen LogP contribution < -0.4 is 24.8 Å². The molecule has 7 nitrogen and oxygen atoms in total. The third-order valence-corrected chi connectivity index (χ3v) is 5.31. The maximum atomic E-state index is 12.6. The summed E-state index contributed by atoms with van der Waals surface area (Å²) < 4.78 is 16.0. The molecule has 4 rings (SSSR count). The lowest BCUT2D eigenvalue weighted by molar-refractivity contribution is 0.248. The number of urea groups is 1. The molecule has 0 spiro atoms. The minimum absolute atomic E-state index is 0.0446. The Balaban J connectivity index is 1.46. The molecular weight excluding hydrogens is 370 g/mol. The number of aromatic nitrogens is 1. The molecule has 3 aromatic rings. The third kappa shape index (κ3) is 3.55. The van der Waals surface area contributed by atoms with Crippen LogP contribution in [-0.2, 0) is 12.8 Å². The lowest BCUT2D eigenvalue weighted by atomic mass is 10.1. The van der Waals surface area contributed by atoms with Gasteiger partial charge in [0.1, 0.15) is 0 Å². The first-order valence-electron chi connectivity index (χ1n) is 9.50. The van der Waals surface area contributed by atoms with E-state index in [4.69, 9.17) is 14.2 Å². The minimum Gasteiger partial charge on any atom is -0.493 e. The first kappa shape index (κ1) is 19.0. The maximum Gasteiger partial charge on any atom is 0.319 e. The van der Waals surface area contributed by atoms with Crippen molar-refractivity contribution in [2.75, 3.05) is 26.6 Å². The summed E-state index contributed by atoms with van der Waals surface area (Å²) in [5.41, 5.74) is 5.44. The number of aromatic amines is 1. The van der Waals surface area contributed by atoms with Crippen LogP contribution in [0.1, 0.15) is 16.8 Å². The Kier molecular flexibility index (Phi) is 4.96. The topological polar surface area (TPSA) is 84.6 Å². The van der Waals surface area contributed by atoms with E-state index in [-0.39, 0.29) is 12.1 Å². The molecule has 2 aromatic carbocycles. The highest BCUT2D eigenvalue weighted by molar-refractivity contribution is 5.91. The van der Waals surface area contributed by atoms with Crippen molar-refractivity contribution in [2.45, 2.75) is 25.8 Å². The van der Waals surface area contributed by atoms with Crippen LogP contribution in [-0.4, -0.2) is 38.4 Å². The molecular formula is C22H25N3O4. The maximum absolute atomic E-state index is 12.6. The number of hydrogen-bond acceptors (Lipinski definition) is 4. The fourth-order valence-corrected chi connectivity index (χ4v) is 4.00. The third-order valence-electron chi connectivity index (χ3n) is 5.31. The Morgan fingerprint density at radius 1 is 1.03 bits per heavy atom. The zero-order valence-electron chi connectivity index (χ0n) is 17.0. The first-order chi connectivity index (χ1) is 14.0. The molecule has 1 unspecified atom stereocenters. The molecule has 152 valence electrons. The highest BCUT2D eigenvalue weighted by Gasteiger charge is 2.27. The van der Waals surface area contributed by atoms with E-state index < -0.39 is 0 Å². The number of nitrogens with one attached hydrogen (secondary N) is 3. The number of carbonyl (C=O) groups excluding carboxylic acids is 1. The van der Waals surface area contributed by atoms with Crippen molar-refractivity contribution in [1.29, 1.82) is 0 Å². The summed E-state index contributed by atoms with van der Waals surface area (Å²) in [5.74, 6) is 1.46. The van der Waals surface area contributed by atoms with Gasteiger partial charge in [-0.05, 0) is 31.0 Å². The minimum atomic E-state index is -0.269. The molecule has 0 bridgehead atoms. The molecule has 3 N–H and O–H groups in total. The van der Waals surface area contributed by atoms with E-state index in [0.717, 1.165) is 18.4 Å². The predicted octanol–water partition coefficient (Wildman–Crippen LogP) is 3.79. The van der Waals surface area contributed by atoms with Gasteiger partial charge >= 0.3 is 6.03 Å². The Hall–Kier alpha value is -3.35. The Labute approximate surface area is 169 Å². The van der Waals surface area contributed by atoms with Crippen LogP contribution in [0, 0.1) is 6.92 Å². The van der Waals surface area contributed by atoms with Gasteiger partial charge in [-0.2, -0.15) is 0 Å². The van der Waals surface area contributed by atoms with E-state index >= 15 is 0 Å². The van der Waals surface area contributed by atoms with Gasteiger partial charge in [0.25, 0.3) is 0 Å². The van der Waals surface area contributed by atoms with E-state index in [2.05, 4.69) is 40.7 Å². The molecule has 0 aliphatic heterocycles. The number of anilines is 1. The number of rotatable bonds is 5. The average Bonchev–Trinajstić information content (AvgIpc) is 3.24. The molecule has 0 saturated heterocycles. The highest BCUT2D eigenvalue weighted by atomic mass is 16.5. The molecule has 2 amide bonds. The molecule has 0 saturated carbocycles. The molecule has 1 heterocycles. The highest BCUT2D eigenvalue weighted by Crippen LogP contribution is 2.40. The number of hydrogen-bond donors (Lipinski definition) is 3. The standard InChI is InChI=1S/C22H25N3O4/c1-12-5-6-17-15(7-12)16-8-13(9-18(16)25-17)23-22(26)24-14-10-19(27-2)21(29-4)20(11-14)28-3/h5-7,10-11,13,25H,8-9H2,1-4H3,(H2,23,24,26). The van der Waals surface area contributed by atoms with Crippen molar-refractivity contribution in [3.63, 3.8) is 0 Å². The van der Waals surface area contributed by atoms with Crippen LogP contribution in [0.3, 0.4) is 0 Å². The number of ether oxygens (including phenoxy) is 3. The molecule has 1 aromatic heterocycles. The van der Waals surface area contributed by atoms with Gasteiger partial charge in [-0.15, -0.1) is 0 Å². The summed E-state index contributed by atoms with van der Waals surface area (Å²) >= 11 is 0. The van der Waals surface area contributed by atoms with Gasteiger partial charge < -0.3 is 29.8 Å². The molecule has 7 heteroatoms. The van der Waals surface area contributed by atoms with E-state index in [1.54, 1.807) is 33.5 Å². The normalized spacial score (nSPS) is 15.1. The van der Waals surface area contributed by atoms with Crippen molar-refractivity contribution >= 4 is 22.6 Å². The van der Waals surface area contributed by atoms with Crippen LogP contribution in [0.4, 0.5) is 10.5 Å². The van der Waals surface area contributed by atoms with Gasteiger partial charge in [0.05, 0.1) is 27.0 Å². The average molecular weight is 395 g/mol. The number of aryl methyl sites for hydroxylation is 1. The summed E-state index contributed by atoms with van der Waals surface area (Å²) in [6, 6.07) is 9.60. The summed E-state index contributed by atoms with van der Waals surface area (Å²) in [6.07, 6.45) is 1.59. The van der Waals surface area contributed by atoms with Gasteiger partial charge in [-0.3, -0.25) is 0 Å². The smallest absolute Gasteiger partial charge is 0.319 e. The van der Waals surface area contributed by atoms with E-state index in [0.29, 0.717) is 22.9 Å². The van der Waals surface area contributed by atoms with Crippen LogP contribution in [0.2, 0.25) is 0 Å². The largest absolute Gasteiger partial charge is 0.493 e. The first-order valence-corrected chi connectivity index (χ1v) is 9.50. The Morgan fingerprint density at radius 3 is 2.41 bits per heavy atom. The Morgan fingerprint density at radius 2 is 1.76 bits per heavy atom. The summed E-state index contributed by atoms with van der Waals surface area (Å²) in [5, 5.41) is 7.16. The van der Waals surface area contributed by atoms with Crippen LogP contribution in [0.15, 0.2) is 30.3 Å². The zero-order valence-corrected chi connectivity index (χ0v) is 17.0. The van der Waals surface area contributed by atoms with Crippen molar-refractivity contribution in [2.24, 2.45) is 0 Å².